The molecule has 2 aromatic rings. The number of halogens is 1. The molecule has 0 fully saturated rings. The molecule has 5 heteroatoms. The molecule has 1 unspecified atom stereocenters. The van der Waals surface area contributed by atoms with Gasteiger partial charge in [0, 0.05) is 23.7 Å². The van der Waals surface area contributed by atoms with Crippen molar-refractivity contribution in [2.24, 2.45) is 5.73 Å². The molecule has 104 valence electrons. The van der Waals surface area contributed by atoms with Crippen molar-refractivity contribution in [2.75, 3.05) is 18.0 Å². The fourth-order valence-electron chi connectivity index (χ4n) is 2.16. The summed E-state index contributed by atoms with van der Waals surface area (Å²) < 4.78 is 1.10. The van der Waals surface area contributed by atoms with E-state index in [1.165, 1.54) is 4.88 Å². The molecule has 0 aliphatic carbocycles. The van der Waals surface area contributed by atoms with Crippen LogP contribution in [0.15, 0.2) is 46.3 Å². The average Bonchev–Trinajstić information content (AvgIpc) is 2.90. The van der Waals surface area contributed by atoms with Gasteiger partial charge in [-0.1, -0.05) is 18.2 Å². The summed E-state index contributed by atoms with van der Waals surface area (Å²) in [5.41, 5.74) is 7.09. The molecule has 0 saturated carbocycles. The summed E-state index contributed by atoms with van der Waals surface area (Å²) in [5, 5.41) is 8.88. The Kier molecular flexibility index (Phi) is 5.60. The lowest BCUT2D eigenvalue weighted by atomic mass is 10.1. The van der Waals surface area contributed by atoms with E-state index in [0.717, 1.165) is 9.47 Å². The van der Waals surface area contributed by atoms with E-state index in [1.807, 2.05) is 24.3 Å². The van der Waals surface area contributed by atoms with Gasteiger partial charge in [-0.2, -0.15) is 5.26 Å². The van der Waals surface area contributed by atoms with E-state index >= 15 is 0 Å². The zero-order chi connectivity index (χ0) is 14.4. The molecular formula is C15H16BrN3S. The third-order valence-electron chi connectivity index (χ3n) is 3.07. The van der Waals surface area contributed by atoms with Crippen LogP contribution in [0, 0.1) is 11.3 Å². The Balaban J connectivity index is 2.31. The molecule has 0 aliphatic heterocycles. The minimum atomic E-state index is 0.0991. The van der Waals surface area contributed by atoms with Crippen molar-refractivity contribution in [3.05, 3.63) is 51.1 Å². The van der Waals surface area contributed by atoms with E-state index in [4.69, 9.17) is 11.0 Å². The maximum atomic E-state index is 8.88. The van der Waals surface area contributed by atoms with Crippen molar-refractivity contribution in [1.29, 1.82) is 5.26 Å². The molecule has 1 heterocycles. The largest absolute Gasteiger partial charge is 0.361 e. The zero-order valence-electron chi connectivity index (χ0n) is 11.0. The highest BCUT2D eigenvalue weighted by Crippen LogP contribution is 2.33. The first-order chi connectivity index (χ1) is 9.76. The Hall–Kier alpha value is -1.35. The second-order valence-corrected chi connectivity index (χ2v) is 6.83. The molecule has 0 aliphatic rings. The van der Waals surface area contributed by atoms with Crippen molar-refractivity contribution in [3.8, 4) is 6.07 Å². The van der Waals surface area contributed by atoms with E-state index in [0.29, 0.717) is 19.5 Å². The molecule has 0 bridgehead atoms. The molecule has 0 spiro atoms. The molecule has 1 aromatic carbocycles. The lowest BCUT2D eigenvalue weighted by molar-refractivity contribution is 0.641. The summed E-state index contributed by atoms with van der Waals surface area (Å²) in [5.74, 6) is 0. The number of nitriles is 1. The summed E-state index contributed by atoms with van der Waals surface area (Å²) in [4.78, 5) is 3.42. The minimum absolute atomic E-state index is 0.0991. The van der Waals surface area contributed by atoms with Gasteiger partial charge < -0.3 is 10.6 Å². The average molecular weight is 350 g/mol. The predicted molar refractivity (Wildman–Crippen MR) is 87.8 cm³/mol. The Morgan fingerprint density at radius 2 is 2.00 bits per heavy atom. The van der Waals surface area contributed by atoms with Crippen LogP contribution >= 0.6 is 27.3 Å². The van der Waals surface area contributed by atoms with Gasteiger partial charge in [0.25, 0.3) is 0 Å². The van der Waals surface area contributed by atoms with Crippen LogP contribution in [0.1, 0.15) is 17.3 Å². The van der Waals surface area contributed by atoms with Crippen LogP contribution in [0.5, 0.6) is 0 Å². The Labute approximate surface area is 131 Å². The van der Waals surface area contributed by atoms with E-state index in [9.17, 15) is 0 Å². The lowest BCUT2D eigenvalue weighted by Gasteiger charge is -2.32. The molecule has 3 nitrogen and oxygen atoms in total. The van der Waals surface area contributed by atoms with Gasteiger partial charge in [-0.3, -0.25) is 0 Å². The van der Waals surface area contributed by atoms with Crippen molar-refractivity contribution in [1.82, 2.24) is 0 Å². The molecule has 1 atom stereocenters. The quantitative estimate of drug-likeness (QED) is 0.859. The van der Waals surface area contributed by atoms with Gasteiger partial charge in [-0.15, -0.1) is 11.3 Å². The SMILES string of the molecule is N#CCCN(c1ccccc1)C(CN)c1ccc(Br)s1. The molecular weight excluding hydrogens is 334 g/mol. The monoisotopic (exact) mass is 349 g/mol. The Morgan fingerprint density at radius 1 is 1.25 bits per heavy atom. The number of rotatable bonds is 6. The van der Waals surface area contributed by atoms with Gasteiger partial charge in [-0.05, 0) is 40.2 Å². The highest BCUT2D eigenvalue weighted by molar-refractivity contribution is 9.11. The molecule has 0 amide bonds. The Morgan fingerprint density at radius 3 is 2.55 bits per heavy atom. The number of hydrogen-bond acceptors (Lipinski definition) is 4. The van der Waals surface area contributed by atoms with E-state index in [1.54, 1.807) is 11.3 Å². The number of anilines is 1. The number of thiophene rings is 1. The van der Waals surface area contributed by atoms with E-state index in [-0.39, 0.29) is 6.04 Å². The molecule has 1 aromatic heterocycles. The van der Waals surface area contributed by atoms with Gasteiger partial charge in [0.15, 0.2) is 0 Å². The summed E-state index contributed by atoms with van der Waals surface area (Å²) in [6.07, 6.45) is 0.484. The minimum Gasteiger partial charge on any atom is -0.361 e. The van der Waals surface area contributed by atoms with Crippen LogP contribution in [0.2, 0.25) is 0 Å². The number of para-hydroxylation sites is 1. The number of hydrogen-bond donors (Lipinski definition) is 1. The van der Waals surface area contributed by atoms with Crippen LogP contribution in [0.3, 0.4) is 0 Å². The van der Waals surface area contributed by atoms with E-state index < -0.39 is 0 Å². The second kappa shape index (κ2) is 7.44. The number of nitrogens with two attached hydrogens (primary N) is 1. The van der Waals surface area contributed by atoms with Crippen LogP contribution in [0.25, 0.3) is 0 Å². The van der Waals surface area contributed by atoms with Crippen molar-refractivity contribution in [2.45, 2.75) is 12.5 Å². The second-order valence-electron chi connectivity index (χ2n) is 4.33. The van der Waals surface area contributed by atoms with Crippen LogP contribution in [-0.2, 0) is 0 Å². The third kappa shape index (κ3) is 3.60. The molecule has 0 radical (unpaired) electrons. The maximum Gasteiger partial charge on any atom is 0.0757 e. The normalized spacial score (nSPS) is 11.8. The van der Waals surface area contributed by atoms with Crippen molar-refractivity contribution < 1.29 is 0 Å². The standard InChI is InChI=1S/C15H16BrN3S/c16-15-8-7-14(20-15)13(11-18)19(10-4-9-17)12-5-2-1-3-6-12/h1-3,5-8,13H,4,10-11,18H2. The van der Waals surface area contributed by atoms with Crippen LogP contribution in [-0.4, -0.2) is 13.1 Å². The maximum absolute atomic E-state index is 8.88. The van der Waals surface area contributed by atoms with Crippen LogP contribution in [0.4, 0.5) is 5.69 Å². The summed E-state index contributed by atoms with van der Waals surface area (Å²) in [7, 11) is 0. The first-order valence-electron chi connectivity index (χ1n) is 6.40. The Bertz CT molecular complexity index is 576. The highest BCUT2D eigenvalue weighted by atomic mass is 79.9. The van der Waals surface area contributed by atoms with Crippen molar-refractivity contribution in [3.63, 3.8) is 0 Å². The van der Waals surface area contributed by atoms with Gasteiger partial charge in [0.05, 0.1) is 22.3 Å². The molecule has 2 N–H and O–H groups in total. The number of benzene rings is 1. The zero-order valence-corrected chi connectivity index (χ0v) is 13.4. The fraction of sp³-hybridized carbons (Fsp3) is 0.267. The van der Waals surface area contributed by atoms with E-state index in [2.05, 4.69) is 45.1 Å². The van der Waals surface area contributed by atoms with Gasteiger partial charge in [0.2, 0.25) is 0 Å². The molecule has 2 rings (SSSR count). The number of nitrogens with zero attached hydrogens (tertiary/aromatic N) is 2. The fourth-order valence-corrected chi connectivity index (χ4v) is 3.71. The summed E-state index contributed by atoms with van der Waals surface area (Å²) in [6, 6.07) is 16.6. The third-order valence-corrected chi connectivity index (χ3v) is 4.80. The van der Waals surface area contributed by atoms with Gasteiger partial charge in [-0.25, -0.2) is 0 Å². The lowest BCUT2D eigenvalue weighted by Crippen LogP contribution is -2.34. The molecule has 20 heavy (non-hydrogen) atoms. The first kappa shape index (κ1) is 15.0. The molecule has 0 saturated heterocycles. The van der Waals surface area contributed by atoms with Crippen molar-refractivity contribution >= 4 is 33.0 Å². The van der Waals surface area contributed by atoms with Gasteiger partial charge >= 0.3 is 0 Å². The van der Waals surface area contributed by atoms with Gasteiger partial charge in [0.1, 0.15) is 0 Å². The summed E-state index contributed by atoms with van der Waals surface area (Å²) in [6.45, 7) is 1.20. The topological polar surface area (TPSA) is 53.0 Å². The first-order valence-corrected chi connectivity index (χ1v) is 8.01. The summed E-state index contributed by atoms with van der Waals surface area (Å²) >= 11 is 5.18. The highest BCUT2D eigenvalue weighted by Gasteiger charge is 2.20. The predicted octanol–water partition coefficient (Wildman–Crippen LogP) is 3.93. The van der Waals surface area contributed by atoms with Crippen LogP contribution < -0.4 is 10.6 Å². The smallest absolute Gasteiger partial charge is 0.0757 e.